The van der Waals surface area contributed by atoms with E-state index >= 15 is 0 Å². The van der Waals surface area contributed by atoms with Gasteiger partial charge in [0.05, 0.1) is 17.0 Å². The molecule has 1 saturated heterocycles. The molecule has 3 rings (SSSR count). The molecule has 2 aromatic rings. The van der Waals surface area contributed by atoms with Gasteiger partial charge in [-0.2, -0.15) is 0 Å². The molecule has 0 bridgehead atoms. The number of aromatic nitrogens is 1. The predicted molar refractivity (Wildman–Crippen MR) is 90.1 cm³/mol. The van der Waals surface area contributed by atoms with Crippen molar-refractivity contribution in [2.75, 3.05) is 25.1 Å². The number of sulfone groups is 1. The lowest BCUT2D eigenvalue weighted by atomic mass is 10.0. The van der Waals surface area contributed by atoms with Crippen molar-refractivity contribution in [2.24, 2.45) is 0 Å². The molecule has 124 valence electrons. The number of nitrogens with two attached hydrogens (primary N) is 1. The summed E-state index contributed by atoms with van der Waals surface area (Å²) in [6.45, 7) is 1.35. The highest BCUT2D eigenvalue weighted by atomic mass is 32.2. The normalized spacial score (nSPS) is 20.7. The zero-order chi connectivity index (χ0) is 16.6. The van der Waals surface area contributed by atoms with Crippen molar-refractivity contribution < 1.29 is 13.5 Å². The molecule has 1 aliphatic rings. The average molecular weight is 353 g/mol. The number of likely N-dealkylation sites (tertiary alicyclic amines) is 1. The molecular weight excluding hydrogens is 334 g/mol. The summed E-state index contributed by atoms with van der Waals surface area (Å²) in [6.07, 6.45) is 3.34. The molecule has 0 amide bonds. The van der Waals surface area contributed by atoms with Gasteiger partial charge in [0.25, 0.3) is 0 Å². The van der Waals surface area contributed by atoms with Crippen LogP contribution in [0.4, 0.5) is 5.13 Å². The lowest BCUT2D eigenvalue weighted by molar-refractivity contribution is 0.167. The van der Waals surface area contributed by atoms with Crippen molar-refractivity contribution in [3.8, 4) is 0 Å². The first-order valence-corrected chi connectivity index (χ1v) is 9.99. The van der Waals surface area contributed by atoms with Gasteiger partial charge in [0.1, 0.15) is 0 Å². The van der Waals surface area contributed by atoms with Crippen LogP contribution in [0, 0.1) is 0 Å². The Balaban J connectivity index is 1.98. The fourth-order valence-electron chi connectivity index (χ4n) is 2.88. The van der Waals surface area contributed by atoms with Crippen LogP contribution in [0.25, 0.3) is 0 Å². The number of β-amino-alcohol motifs (C(OH)–C–C–N with tert-alkyl or cyclic N) is 1. The zero-order valence-electron chi connectivity index (χ0n) is 12.7. The number of aliphatic hydroxyl groups is 1. The Bertz CT molecular complexity index is 787. The van der Waals surface area contributed by atoms with E-state index in [-0.39, 0.29) is 12.1 Å². The third-order valence-corrected chi connectivity index (χ3v) is 6.00. The van der Waals surface area contributed by atoms with Gasteiger partial charge in [-0.05, 0) is 24.1 Å². The topological polar surface area (TPSA) is 96.5 Å². The quantitative estimate of drug-likeness (QED) is 0.860. The maximum atomic E-state index is 11.6. The molecule has 0 radical (unpaired) electrons. The van der Waals surface area contributed by atoms with Gasteiger partial charge < -0.3 is 10.8 Å². The molecule has 23 heavy (non-hydrogen) atoms. The number of rotatable bonds is 4. The van der Waals surface area contributed by atoms with Gasteiger partial charge in [-0.15, -0.1) is 11.3 Å². The summed E-state index contributed by atoms with van der Waals surface area (Å²) in [7, 11) is -3.22. The number of hydrogen-bond donors (Lipinski definition) is 2. The maximum Gasteiger partial charge on any atom is 0.180 e. The number of thiazole rings is 1. The number of aliphatic hydroxyl groups excluding tert-OH is 1. The van der Waals surface area contributed by atoms with Gasteiger partial charge in [-0.3, -0.25) is 4.90 Å². The first kappa shape index (κ1) is 16.4. The average Bonchev–Trinajstić information content (AvgIpc) is 3.08. The minimum atomic E-state index is -3.22. The van der Waals surface area contributed by atoms with E-state index in [4.69, 9.17) is 5.73 Å². The number of benzene rings is 1. The Kier molecular flexibility index (Phi) is 4.41. The fourth-order valence-corrected chi connectivity index (χ4v) is 4.36. The van der Waals surface area contributed by atoms with Crippen LogP contribution < -0.4 is 5.73 Å². The summed E-state index contributed by atoms with van der Waals surface area (Å²) in [6, 6.07) is 6.81. The summed E-state index contributed by atoms with van der Waals surface area (Å²) in [5.74, 6) is 0. The molecule has 0 aliphatic carbocycles. The van der Waals surface area contributed by atoms with Crippen molar-refractivity contribution >= 4 is 26.3 Å². The summed E-state index contributed by atoms with van der Waals surface area (Å²) in [5, 5.41) is 10.3. The van der Waals surface area contributed by atoms with Crippen molar-refractivity contribution in [3.05, 3.63) is 40.9 Å². The van der Waals surface area contributed by atoms with Gasteiger partial charge in [-0.1, -0.05) is 12.1 Å². The molecule has 1 aliphatic heterocycles. The van der Waals surface area contributed by atoms with Gasteiger partial charge >= 0.3 is 0 Å². The molecule has 1 aromatic heterocycles. The third kappa shape index (κ3) is 3.55. The van der Waals surface area contributed by atoms with Gasteiger partial charge in [0.15, 0.2) is 15.0 Å². The highest BCUT2D eigenvalue weighted by molar-refractivity contribution is 7.90. The largest absolute Gasteiger partial charge is 0.392 e. The van der Waals surface area contributed by atoms with Crippen molar-refractivity contribution in [1.29, 1.82) is 0 Å². The SMILES string of the molecule is CS(=O)(=O)c1ccc(C(c2cnc(N)s2)N2CC[C@@H](O)C2)cc1. The van der Waals surface area contributed by atoms with Crippen LogP contribution in [0.2, 0.25) is 0 Å². The molecule has 3 N–H and O–H groups in total. The maximum absolute atomic E-state index is 11.6. The van der Waals surface area contributed by atoms with Crippen LogP contribution in [0.5, 0.6) is 0 Å². The molecule has 0 saturated carbocycles. The number of hydrogen-bond acceptors (Lipinski definition) is 7. The smallest absolute Gasteiger partial charge is 0.180 e. The number of nitrogen functional groups attached to an aromatic ring is 1. The monoisotopic (exact) mass is 353 g/mol. The van der Waals surface area contributed by atoms with Gasteiger partial charge in [-0.25, -0.2) is 13.4 Å². The minimum absolute atomic E-state index is 0.0736. The molecule has 1 fully saturated rings. The Morgan fingerprint density at radius 3 is 2.57 bits per heavy atom. The Labute approximate surface area is 139 Å². The van der Waals surface area contributed by atoms with Crippen LogP contribution in [-0.4, -0.2) is 48.9 Å². The molecule has 0 spiro atoms. The van der Waals surface area contributed by atoms with Crippen LogP contribution in [0.3, 0.4) is 0 Å². The molecule has 1 aromatic carbocycles. The second kappa shape index (κ2) is 6.20. The van der Waals surface area contributed by atoms with E-state index < -0.39 is 9.84 Å². The second-order valence-corrected chi connectivity index (χ2v) is 8.89. The highest BCUT2D eigenvalue weighted by Crippen LogP contribution is 2.35. The van der Waals surface area contributed by atoms with Crippen molar-refractivity contribution in [2.45, 2.75) is 23.5 Å². The first-order chi connectivity index (χ1) is 10.8. The molecule has 2 heterocycles. The van der Waals surface area contributed by atoms with E-state index in [2.05, 4.69) is 9.88 Å². The Morgan fingerprint density at radius 1 is 1.39 bits per heavy atom. The highest BCUT2D eigenvalue weighted by Gasteiger charge is 2.30. The van der Waals surface area contributed by atoms with Crippen molar-refractivity contribution in [1.82, 2.24) is 9.88 Å². The van der Waals surface area contributed by atoms with Gasteiger partial charge in [0, 0.05) is 30.4 Å². The molecule has 1 unspecified atom stereocenters. The molecule has 2 atom stereocenters. The van der Waals surface area contributed by atoms with Crippen LogP contribution in [0.15, 0.2) is 35.4 Å². The Morgan fingerprint density at radius 2 is 2.09 bits per heavy atom. The van der Waals surface area contributed by atoms with E-state index in [0.717, 1.165) is 23.4 Å². The number of nitrogens with zero attached hydrogens (tertiary/aromatic N) is 2. The lowest BCUT2D eigenvalue weighted by Crippen LogP contribution is -2.28. The summed E-state index contributed by atoms with van der Waals surface area (Å²) >= 11 is 1.41. The summed E-state index contributed by atoms with van der Waals surface area (Å²) < 4.78 is 23.2. The van der Waals surface area contributed by atoms with E-state index in [1.165, 1.54) is 17.6 Å². The fraction of sp³-hybridized carbons (Fsp3) is 0.400. The van der Waals surface area contributed by atoms with E-state index in [1.807, 2.05) is 12.1 Å². The van der Waals surface area contributed by atoms with E-state index in [0.29, 0.717) is 16.6 Å². The standard InChI is InChI=1S/C15H19N3O3S2/c1-23(20,21)12-4-2-10(3-5-12)14(13-8-17-15(16)22-13)18-7-6-11(19)9-18/h2-5,8,11,14,19H,6-7,9H2,1H3,(H2,16,17)/t11-,14?/m1/s1. The molecular formula is C15H19N3O3S2. The lowest BCUT2D eigenvalue weighted by Gasteiger charge is -2.27. The second-order valence-electron chi connectivity index (χ2n) is 5.78. The van der Waals surface area contributed by atoms with E-state index in [9.17, 15) is 13.5 Å². The number of anilines is 1. The first-order valence-electron chi connectivity index (χ1n) is 7.28. The van der Waals surface area contributed by atoms with Crippen LogP contribution in [-0.2, 0) is 9.84 Å². The minimum Gasteiger partial charge on any atom is -0.392 e. The van der Waals surface area contributed by atoms with Crippen molar-refractivity contribution in [3.63, 3.8) is 0 Å². The Hall–Kier alpha value is -1.48. The summed E-state index contributed by atoms with van der Waals surface area (Å²) in [5.41, 5.74) is 6.73. The van der Waals surface area contributed by atoms with Crippen LogP contribution in [0.1, 0.15) is 22.9 Å². The molecule has 8 heteroatoms. The molecule has 6 nitrogen and oxygen atoms in total. The van der Waals surface area contributed by atoms with Crippen LogP contribution >= 0.6 is 11.3 Å². The van der Waals surface area contributed by atoms with E-state index in [1.54, 1.807) is 18.3 Å². The predicted octanol–water partition coefficient (Wildman–Crippen LogP) is 1.28. The van der Waals surface area contributed by atoms with Gasteiger partial charge in [0.2, 0.25) is 0 Å². The zero-order valence-corrected chi connectivity index (χ0v) is 14.3. The summed E-state index contributed by atoms with van der Waals surface area (Å²) in [4.78, 5) is 7.58. The third-order valence-electron chi connectivity index (χ3n) is 3.99.